The highest BCUT2D eigenvalue weighted by molar-refractivity contribution is 5.40. The molecule has 1 aromatic heterocycles. The van der Waals surface area contributed by atoms with Gasteiger partial charge in [-0.05, 0) is 39.3 Å². The van der Waals surface area contributed by atoms with Gasteiger partial charge in [0.15, 0.2) is 0 Å². The normalized spacial score (nSPS) is 22.5. The monoisotopic (exact) mass is 277 g/mol. The highest BCUT2D eigenvalue weighted by Gasteiger charge is 2.29. The summed E-state index contributed by atoms with van der Waals surface area (Å²) in [6, 6.07) is 0. The number of ether oxygens (including phenoxy) is 1. The van der Waals surface area contributed by atoms with Gasteiger partial charge in [0, 0.05) is 37.0 Å². The van der Waals surface area contributed by atoms with Crippen molar-refractivity contribution in [1.82, 2.24) is 15.2 Å². The van der Waals surface area contributed by atoms with Crippen LogP contribution in [0.4, 0.5) is 0 Å². The van der Waals surface area contributed by atoms with Crippen LogP contribution in [0, 0.1) is 19.3 Å². The van der Waals surface area contributed by atoms with E-state index in [1.54, 1.807) is 7.11 Å². The van der Waals surface area contributed by atoms with Crippen molar-refractivity contribution in [3.63, 3.8) is 0 Å². The Morgan fingerprint density at radius 2 is 2.20 bits per heavy atom. The van der Waals surface area contributed by atoms with Crippen molar-refractivity contribution < 1.29 is 4.74 Å². The molecule has 1 atom stereocenters. The number of pyridine rings is 1. The Labute approximate surface area is 122 Å². The number of hydrogen-bond donors (Lipinski definition) is 1. The van der Waals surface area contributed by atoms with Gasteiger partial charge in [0.05, 0.1) is 12.8 Å². The van der Waals surface area contributed by atoms with Crippen molar-refractivity contribution in [2.24, 2.45) is 5.41 Å². The van der Waals surface area contributed by atoms with E-state index in [-0.39, 0.29) is 0 Å². The molecule has 1 aliphatic rings. The van der Waals surface area contributed by atoms with Crippen molar-refractivity contribution >= 4 is 0 Å². The van der Waals surface area contributed by atoms with Crippen LogP contribution in [0.2, 0.25) is 0 Å². The quantitative estimate of drug-likeness (QED) is 0.895. The number of rotatable bonds is 5. The Kier molecular flexibility index (Phi) is 4.66. The zero-order chi connectivity index (χ0) is 14.8. The summed E-state index contributed by atoms with van der Waals surface area (Å²) in [5.41, 5.74) is 3.76. The van der Waals surface area contributed by atoms with Crippen LogP contribution in [-0.4, -0.2) is 43.7 Å². The fourth-order valence-corrected chi connectivity index (χ4v) is 3.20. The minimum atomic E-state index is 0.386. The van der Waals surface area contributed by atoms with Crippen molar-refractivity contribution in [3.8, 4) is 5.75 Å². The van der Waals surface area contributed by atoms with Crippen LogP contribution >= 0.6 is 0 Å². The van der Waals surface area contributed by atoms with E-state index < -0.39 is 0 Å². The first-order chi connectivity index (χ1) is 9.45. The molecule has 0 amide bonds. The van der Waals surface area contributed by atoms with Gasteiger partial charge in [0.1, 0.15) is 5.75 Å². The van der Waals surface area contributed by atoms with Crippen molar-refractivity contribution in [1.29, 1.82) is 0 Å². The van der Waals surface area contributed by atoms with E-state index in [1.807, 2.05) is 13.1 Å². The van der Waals surface area contributed by atoms with E-state index in [4.69, 9.17) is 4.74 Å². The molecule has 4 heteroatoms. The summed E-state index contributed by atoms with van der Waals surface area (Å²) in [6.45, 7) is 10.7. The predicted octanol–water partition coefficient (Wildman–Crippen LogP) is 2.14. The van der Waals surface area contributed by atoms with Gasteiger partial charge in [-0.25, -0.2) is 0 Å². The second kappa shape index (κ2) is 6.10. The minimum absolute atomic E-state index is 0.386. The Balaban J connectivity index is 2.06. The molecule has 0 bridgehead atoms. The third-order valence-electron chi connectivity index (χ3n) is 4.28. The van der Waals surface area contributed by atoms with E-state index in [2.05, 4.69) is 36.1 Å². The van der Waals surface area contributed by atoms with Gasteiger partial charge in [-0.3, -0.25) is 9.88 Å². The molecule has 0 saturated carbocycles. The molecular formula is C16H27N3O. The summed E-state index contributed by atoms with van der Waals surface area (Å²) in [5, 5.41) is 3.46. The molecule has 2 rings (SSSR count). The Bertz CT molecular complexity index is 467. The predicted molar refractivity (Wildman–Crippen MR) is 82.2 cm³/mol. The average molecular weight is 277 g/mol. The molecule has 0 radical (unpaired) electrons. The SMILES string of the molecule is COc1c(C)cnc(CN(C)CC2(C)CCNC2)c1C. The third kappa shape index (κ3) is 3.30. The smallest absolute Gasteiger partial charge is 0.128 e. The number of hydrogen-bond acceptors (Lipinski definition) is 4. The molecule has 0 aromatic carbocycles. The van der Waals surface area contributed by atoms with Crippen molar-refractivity contribution in [2.45, 2.75) is 33.7 Å². The Hall–Kier alpha value is -1.13. The Morgan fingerprint density at radius 1 is 1.45 bits per heavy atom. The van der Waals surface area contributed by atoms with E-state index in [0.717, 1.165) is 48.7 Å². The average Bonchev–Trinajstić information content (AvgIpc) is 2.80. The lowest BCUT2D eigenvalue weighted by molar-refractivity contribution is 0.201. The zero-order valence-corrected chi connectivity index (χ0v) is 13.4. The van der Waals surface area contributed by atoms with Gasteiger partial charge < -0.3 is 10.1 Å². The fourth-order valence-electron chi connectivity index (χ4n) is 3.20. The topological polar surface area (TPSA) is 37.4 Å². The molecule has 1 aromatic rings. The number of nitrogens with one attached hydrogen (secondary N) is 1. The van der Waals surface area contributed by atoms with Gasteiger partial charge in [0.25, 0.3) is 0 Å². The highest BCUT2D eigenvalue weighted by Crippen LogP contribution is 2.27. The molecule has 0 spiro atoms. The molecular weight excluding hydrogens is 250 g/mol. The minimum Gasteiger partial charge on any atom is -0.496 e. The largest absolute Gasteiger partial charge is 0.496 e. The lowest BCUT2D eigenvalue weighted by Gasteiger charge is -2.29. The summed E-state index contributed by atoms with van der Waals surface area (Å²) in [5.74, 6) is 0.970. The van der Waals surface area contributed by atoms with Gasteiger partial charge in [-0.15, -0.1) is 0 Å². The van der Waals surface area contributed by atoms with Crippen molar-refractivity contribution in [2.75, 3.05) is 33.8 Å². The van der Waals surface area contributed by atoms with Gasteiger partial charge in [-0.2, -0.15) is 0 Å². The number of methoxy groups -OCH3 is 1. The second-order valence-corrected chi connectivity index (χ2v) is 6.46. The first-order valence-corrected chi connectivity index (χ1v) is 7.33. The Morgan fingerprint density at radius 3 is 2.80 bits per heavy atom. The molecule has 1 fully saturated rings. The maximum atomic E-state index is 5.48. The first-order valence-electron chi connectivity index (χ1n) is 7.33. The van der Waals surface area contributed by atoms with Gasteiger partial charge >= 0.3 is 0 Å². The number of aryl methyl sites for hydroxylation is 1. The molecule has 1 N–H and O–H groups in total. The van der Waals surface area contributed by atoms with Crippen LogP contribution in [0.3, 0.4) is 0 Å². The molecule has 0 aliphatic carbocycles. The van der Waals surface area contributed by atoms with E-state index in [1.165, 1.54) is 6.42 Å². The van der Waals surface area contributed by atoms with E-state index in [0.29, 0.717) is 5.41 Å². The lowest BCUT2D eigenvalue weighted by atomic mass is 9.89. The van der Waals surface area contributed by atoms with E-state index in [9.17, 15) is 0 Å². The third-order valence-corrected chi connectivity index (χ3v) is 4.28. The lowest BCUT2D eigenvalue weighted by Crippen LogP contribution is -2.35. The number of nitrogens with zero attached hydrogens (tertiary/aromatic N) is 2. The maximum absolute atomic E-state index is 5.48. The van der Waals surface area contributed by atoms with Gasteiger partial charge in [0.2, 0.25) is 0 Å². The summed E-state index contributed by atoms with van der Waals surface area (Å²) < 4.78 is 5.48. The van der Waals surface area contributed by atoms with Crippen LogP contribution in [0.1, 0.15) is 30.2 Å². The highest BCUT2D eigenvalue weighted by atomic mass is 16.5. The summed E-state index contributed by atoms with van der Waals surface area (Å²) in [7, 11) is 3.91. The molecule has 20 heavy (non-hydrogen) atoms. The number of aromatic nitrogens is 1. The van der Waals surface area contributed by atoms with E-state index >= 15 is 0 Å². The van der Waals surface area contributed by atoms with Crippen LogP contribution in [-0.2, 0) is 6.54 Å². The summed E-state index contributed by atoms with van der Waals surface area (Å²) in [4.78, 5) is 6.96. The van der Waals surface area contributed by atoms with Gasteiger partial charge in [-0.1, -0.05) is 6.92 Å². The fraction of sp³-hybridized carbons (Fsp3) is 0.688. The molecule has 4 nitrogen and oxygen atoms in total. The molecule has 112 valence electrons. The molecule has 2 heterocycles. The molecule has 1 aliphatic heterocycles. The maximum Gasteiger partial charge on any atom is 0.128 e. The van der Waals surface area contributed by atoms with Crippen LogP contribution in [0.25, 0.3) is 0 Å². The van der Waals surface area contributed by atoms with Crippen molar-refractivity contribution in [3.05, 3.63) is 23.0 Å². The van der Waals surface area contributed by atoms with Crippen LogP contribution < -0.4 is 10.1 Å². The second-order valence-electron chi connectivity index (χ2n) is 6.46. The zero-order valence-electron chi connectivity index (χ0n) is 13.4. The first kappa shape index (κ1) is 15.3. The summed E-state index contributed by atoms with van der Waals surface area (Å²) in [6.07, 6.45) is 3.16. The summed E-state index contributed by atoms with van der Waals surface area (Å²) >= 11 is 0. The standard InChI is InChI=1S/C16H27N3O/c1-12-8-18-14(13(2)15(12)20-5)9-19(4)11-16(3)6-7-17-10-16/h8,17H,6-7,9-11H2,1-5H3. The molecule has 1 unspecified atom stereocenters. The van der Waals surface area contributed by atoms with Crippen LogP contribution in [0.15, 0.2) is 6.20 Å². The molecule has 1 saturated heterocycles. The van der Waals surface area contributed by atoms with Crippen LogP contribution in [0.5, 0.6) is 5.75 Å².